The molecule has 0 aliphatic heterocycles. The number of para-hydroxylation sites is 1. The number of furan rings is 1. The van der Waals surface area contributed by atoms with Gasteiger partial charge in [0.15, 0.2) is 11.0 Å². The average Bonchev–Trinajstić information content (AvgIpc) is 2.78. The van der Waals surface area contributed by atoms with Crippen molar-refractivity contribution in [2.24, 2.45) is 0 Å². The molecule has 2 N–H and O–H groups in total. The van der Waals surface area contributed by atoms with Crippen LogP contribution in [-0.4, -0.2) is 17.0 Å². The van der Waals surface area contributed by atoms with E-state index in [4.69, 9.17) is 21.1 Å². The largest absolute Gasteiger partial charge is 0.478 e. The molecule has 0 radical (unpaired) electrons. The normalized spacial score (nSPS) is 10.2. The second kappa shape index (κ2) is 5.16. The molecule has 1 aromatic heterocycles. The van der Waals surface area contributed by atoms with Crippen LogP contribution in [0.5, 0.6) is 0 Å². The van der Waals surface area contributed by atoms with E-state index in [1.165, 1.54) is 18.2 Å². The smallest absolute Gasteiger partial charge is 0.337 e. The van der Waals surface area contributed by atoms with E-state index in [9.17, 15) is 9.59 Å². The number of aromatic carboxylic acids is 1. The zero-order valence-electron chi connectivity index (χ0n) is 9.94. The van der Waals surface area contributed by atoms with Gasteiger partial charge in [0.1, 0.15) is 0 Å². The Labute approximate surface area is 113 Å². The number of carbonyl (C=O) groups is 2. The van der Waals surface area contributed by atoms with Crippen LogP contribution in [0, 0.1) is 6.92 Å². The fourth-order valence-corrected chi connectivity index (χ4v) is 1.77. The summed E-state index contributed by atoms with van der Waals surface area (Å²) in [7, 11) is 0. The van der Waals surface area contributed by atoms with E-state index in [-0.39, 0.29) is 22.2 Å². The highest BCUT2D eigenvalue weighted by Gasteiger charge is 2.17. The maximum absolute atomic E-state index is 11.9. The first kappa shape index (κ1) is 13.2. The van der Waals surface area contributed by atoms with Gasteiger partial charge in [-0.05, 0) is 42.3 Å². The summed E-state index contributed by atoms with van der Waals surface area (Å²) < 4.78 is 4.96. The lowest BCUT2D eigenvalue weighted by Gasteiger charge is -2.10. The molecule has 2 aromatic rings. The highest BCUT2D eigenvalue weighted by atomic mass is 35.5. The number of hydrogen-bond acceptors (Lipinski definition) is 3. The first-order valence-corrected chi connectivity index (χ1v) is 5.76. The summed E-state index contributed by atoms with van der Waals surface area (Å²) in [6, 6.07) is 7.58. The lowest BCUT2D eigenvalue weighted by atomic mass is 10.1. The first-order valence-electron chi connectivity index (χ1n) is 5.38. The number of carboxylic acids is 1. The first-order chi connectivity index (χ1) is 8.99. The molecule has 0 aliphatic rings. The van der Waals surface area contributed by atoms with Crippen molar-refractivity contribution in [3.8, 4) is 0 Å². The highest BCUT2D eigenvalue weighted by Crippen LogP contribution is 2.22. The Morgan fingerprint density at radius 3 is 2.58 bits per heavy atom. The number of carboxylic acid groups (broad SMARTS) is 1. The molecule has 0 fully saturated rings. The Balaban J connectivity index is 2.33. The number of aryl methyl sites for hydroxylation is 1. The maximum Gasteiger partial charge on any atom is 0.337 e. The number of amides is 1. The van der Waals surface area contributed by atoms with Gasteiger partial charge in [0.2, 0.25) is 0 Å². The number of halogens is 1. The fraction of sp³-hybridized carbons (Fsp3) is 0.0769. The minimum absolute atomic E-state index is 0.0181. The summed E-state index contributed by atoms with van der Waals surface area (Å²) >= 11 is 5.58. The second-order valence-electron chi connectivity index (χ2n) is 3.86. The van der Waals surface area contributed by atoms with Crippen molar-refractivity contribution in [3.05, 3.63) is 52.4 Å². The zero-order valence-corrected chi connectivity index (χ0v) is 10.7. The predicted octanol–water partition coefficient (Wildman–Crippen LogP) is 3.19. The molecule has 6 heteroatoms. The summed E-state index contributed by atoms with van der Waals surface area (Å²) in [6.45, 7) is 1.71. The molecule has 98 valence electrons. The van der Waals surface area contributed by atoms with Crippen molar-refractivity contribution in [3.63, 3.8) is 0 Å². The molecule has 19 heavy (non-hydrogen) atoms. The maximum atomic E-state index is 11.9. The quantitative estimate of drug-likeness (QED) is 0.904. The summed E-state index contributed by atoms with van der Waals surface area (Å²) in [6.07, 6.45) is 0. The third kappa shape index (κ3) is 2.77. The van der Waals surface area contributed by atoms with Gasteiger partial charge in [-0.25, -0.2) is 4.79 Å². The van der Waals surface area contributed by atoms with Gasteiger partial charge in [0.25, 0.3) is 5.91 Å². The second-order valence-corrected chi connectivity index (χ2v) is 4.23. The fourth-order valence-electron chi connectivity index (χ4n) is 1.62. The van der Waals surface area contributed by atoms with Crippen LogP contribution in [0.2, 0.25) is 5.22 Å². The monoisotopic (exact) mass is 279 g/mol. The number of hydrogen-bond donors (Lipinski definition) is 2. The van der Waals surface area contributed by atoms with Gasteiger partial charge in [-0.3, -0.25) is 4.79 Å². The molecule has 2 rings (SSSR count). The van der Waals surface area contributed by atoms with Gasteiger partial charge < -0.3 is 14.8 Å². The van der Waals surface area contributed by atoms with Crippen LogP contribution >= 0.6 is 11.6 Å². The molecule has 0 unspecified atom stereocenters. The molecule has 0 bridgehead atoms. The molecule has 5 nitrogen and oxygen atoms in total. The molecular weight excluding hydrogens is 270 g/mol. The van der Waals surface area contributed by atoms with Gasteiger partial charge in [0, 0.05) is 0 Å². The minimum atomic E-state index is -1.11. The molecule has 1 aromatic carbocycles. The van der Waals surface area contributed by atoms with Gasteiger partial charge >= 0.3 is 5.97 Å². The van der Waals surface area contributed by atoms with Gasteiger partial charge in [-0.2, -0.15) is 0 Å². The number of anilines is 1. The molecule has 0 aliphatic carbocycles. The standard InChI is InChI=1S/C13H10ClNO4/c1-7-3-2-4-8(13(17)18)11(7)15-12(16)9-5-6-10(14)19-9/h2-6H,1H3,(H,15,16)(H,17,18). The van der Waals surface area contributed by atoms with Crippen LogP contribution in [0.3, 0.4) is 0 Å². The Morgan fingerprint density at radius 2 is 2.00 bits per heavy atom. The van der Waals surface area contributed by atoms with Crippen molar-refractivity contribution in [1.29, 1.82) is 0 Å². The zero-order chi connectivity index (χ0) is 14.0. The third-order valence-corrected chi connectivity index (χ3v) is 2.74. The van der Waals surface area contributed by atoms with E-state index >= 15 is 0 Å². The third-order valence-electron chi connectivity index (χ3n) is 2.54. The van der Waals surface area contributed by atoms with Crippen LogP contribution in [0.25, 0.3) is 0 Å². The van der Waals surface area contributed by atoms with Crippen molar-refractivity contribution in [1.82, 2.24) is 0 Å². The van der Waals surface area contributed by atoms with Crippen molar-refractivity contribution in [2.45, 2.75) is 6.92 Å². The van der Waals surface area contributed by atoms with Crippen molar-refractivity contribution >= 4 is 29.2 Å². The molecule has 1 amide bonds. The van der Waals surface area contributed by atoms with Gasteiger partial charge in [-0.1, -0.05) is 12.1 Å². The minimum Gasteiger partial charge on any atom is -0.478 e. The van der Waals surface area contributed by atoms with Crippen LogP contribution < -0.4 is 5.32 Å². The Bertz CT molecular complexity index is 648. The molecule has 0 spiro atoms. The molecule has 0 saturated heterocycles. The molecule has 0 atom stereocenters. The Kier molecular flexibility index (Phi) is 3.57. The van der Waals surface area contributed by atoms with E-state index in [1.807, 2.05) is 0 Å². The number of rotatable bonds is 3. The summed E-state index contributed by atoms with van der Waals surface area (Å²) in [5, 5.41) is 11.7. The van der Waals surface area contributed by atoms with E-state index < -0.39 is 11.9 Å². The summed E-state index contributed by atoms with van der Waals surface area (Å²) in [4.78, 5) is 23.0. The topological polar surface area (TPSA) is 79.5 Å². The predicted molar refractivity (Wildman–Crippen MR) is 69.8 cm³/mol. The van der Waals surface area contributed by atoms with Crippen LogP contribution in [0.15, 0.2) is 34.7 Å². The van der Waals surface area contributed by atoms with Crippen LogP contribution in [-0.2, 0) is 0 Å². The van der Waals surface area contributed by atoms with Crippen molar-refractivity contribution < 1.29 is 19.1 Å². The lowest BCUT2D eigenvalue weighted by Crippen LogP contribution is -2.15. The number of benzene rings is 1. The number of nitrogens with one attached hydrogen (secondary N) is 1. The summed E-state index contributed by atoms with van der Waals surface area (Å²) in [5.41, 5.74) is 0.907. The average molecular weight is 280 g/mol. The Morgan fingerprint density at radius 1 is 1.26 bits per heavy atom. The van der Waals surface area contributed by atoms with Crippen LogP contribution in [0.4, 0.5) is 5.69 Å². The van der Waals surface area contributed by atoms with Crippen molar-refractivity contribution in [2.75, 3.05) is 5.32 Å². The molecular formula is C13H10ClNO4. The van der Waals surface area contributed by atoms with E-state index in [1.54, 1.807) is 19.1 Å². The van der Waals surface area contributed by atoms with Gasteiger partial charge in [0.05, 0.1) is 11.3 Å². The molecule has 1 heterocycles. The lowest BCUT2D eigenvalue weighted by molar-refractivity contribution is 0.0698. The number of carbonyl (C=O) groups excluding carboxylic acids is 1. The molecule has 0 saturated carbocycles. The highest BCUT2D eigenvalue weighted by molar-refractivity contribution is 6.29. The SMILES string of the molecule is Cc1cccc(C(=O)O)c1NC(=O)c1ccc(Cl)o1. The summed E-state index contributed by atoms with van der Waals surface area (Å²) in [5.74, 6) is -1.65. The van der Waals surface area contributed by atoms with E-state index in [2.05, 4.69) is 5.32 Å². The Hall–Kier alpha value is -2.27. The van der Waals surface area contributed by atoms with E-state index in [0.29, 0.717) is 5.56 Å². The van der Waals surface area contributed by atoms with Gasteiger partial charge in [-0.15, -0.1) is 0 Å². The van der Waals surface area contributed by atoms with E-state index in [0.717, 1.165) is 0 Å². The van der Waals surface area contributed by atoms with Crippen LogP contribution in [0.1, 0.15) is 26.5 Å².